The van der Waals surface area contributed by atoms with E-state index in [1.165, 1.54) is 10.9 Å². The standard InChI is InChI=1S/C20H35N5/c1-5-24(6-2)14-9-13-22-19-17-10-7-8-11-18(17)25(23-19)15-12-20(3,4)16-21/h7-8,10-11H,5-6,9,12-16,21H2,1-4H3,(H,22,23). The van der Waals surface area contributed by atoms with Crippen molar-refractivity contribution in [1.82, 2.24) is 14.7 Å². The number of nitrogens with one attached hydrogen (secondary N) is 1. The van der Waals surface area contributed by atoms with Crippen molar-refractivity contribution in [3.05, 3.63) is 24.3 Å². The van der Waals surface area contributed by atoms with Gasteiger partial charge in [0, 0.05) is 18.5 Å². The van der Waals surface area contributed by atoms with Gasteiger partial charge in [0.1, 0.15) is 0 Å². The van der Waals surface area contributed by atoms with E-state index in [1.807, 2.05) is 0 Å². The average molecular weight is 346 g/mol. The molecule has 1 aromatic carbocycles. The zero-order valence-corrected chi connectivity index (χ0v) is 16.4. The lowest BCUT2D eigenvalue weighted by Gasteiger charge is -2.22. The summed E-state index contributed by atoms with van der Waals surface area (Å²) in [5, 5.41) is 9.58. The fourth-order valence-electron chi connectivity index (χ4n) is 2.99. The number of aromatic nitrogens is 2. The Morgan fingerprint density at radius 1 is 1.20 bits per heavy atom. The van der Waals surface area contributed by atoms with Crippen LogP contribution in [0.2, 0.25) is 0 Å². The fourth-order valence-corrected chi connectivity index (χ4v) is 2.99. The maximum atomic E-state index is 5.87. The first kappa shape index (κ1) is 19.7. The molecule has 0 aliphatic carbocycles. The zero-order valence-electron chi connectivity index (χ0n) is 16.4. The molecule has 1 heterocycles. The number of para-hydroxylation sites is 1. The molecule has 0 saturated carbocycles. The highest BCUT2D eigenvalue weighted by Crippen LogP contribution is 2.25. The summed E-state index contributed by atoms with van der Waals surface area (Å²) < 4.78 is 2.12. The lowest BCUT2D eigenvalue weighted by atomic mass is 9.90. The van der Waals surface area contributed by atoms with Crippen LogP contribution in [0.15, 0.2) is 24.3 Å². The maximum Gasteiger partial charge on any atom is 0.155 e. The van der Waals surface area contributed by atoms with Gasteiger partial charge in [-0.25, -0.2) is 0 Å². The lowest BCUT2D eigenvalue weighted by molar-refractivity contribution is 0.303. The molecule has 0 atom stereocenters. The number of fused-ring (bicyclic) bond motifs is 1. The highest BCUT2D eigenvalue weighted by molar-refractivity contribution is 5.90. The number of hydrogen-bond acceptors (Lipinski definition) is 4. The van der Waals surface area contributed by atoms with E-state index in [2.05, 4.69) is 66.9 Å². The molecule has 0 bridgehead atoms. The summed E-state index contributed by atoms with van der Waals surface area (Å²) in [6.45, 7) is 14.8. The van der Waals surface area contributed by atoms with Gasteiger partial charge in [-0.05, 0) is 56.6 Å². The van der Waals surface area contributed by atoms with Gasteiger partial charge < -0.3 is 16.0 Å². The van der Waals surface area contributed by atoms with Crippen molar-refractivity contribution in [2.75, 3.05) is 38.0 Å². The molecule has 1 aromatic heterocycles. The summed E-state index contributed by atoms with van der Waals surface area (Å²) in [6, 6.07) is 8.47. The molecule has 0 saturated heterocycles. The number of rotatable bonds is 11. The van der Waals surface area contributed by atoms with Crippen LogP contribution in [0.25, 0.3) is 10.9 Å². The smallest absolute Gasteiger partial charge is 0.155 e. The molecule has 3 N–H and O–H groups in total. The zero-order chi connectivity index (χ0) is 18.3. The highest BCUT2D eigenvalue weighted by atomic mass is 15.3. The molecular weight excluding hydrogens is 310 g/mol. The Labute approximate surface area is 152 Å². The Kier molecular flexibility index (Phi) is 7.26. The van der Waals surface area contributed by atoms with Crippen LogP contribution in [0.5, 0.6) is 0 Å². The molecular formula is C20H35N5. The number of nitrogens with zero attached hydrogens (tertiary/aromatic N) is 3. The summed E-state index contributed by atoms with van der Waals surface area (Å²) in [7, 11) is 0. The van der Waals surface area contributed by atoms with E-state index in [0.717, 1.165) is 51.4 Å². The molecule has 0 aliphatic heterocycles. The molecule has 2 aromatic rings. The van der Waals surface area contributed by atoms with Crippen molar-refractivity contribution in [1.29, 1.82) is 0 Å². The number of nitrogens with two attached hydrogens (primary N) is 1. The molecule has 0 spiro atoms. The van der Waals surface area contributed by atoms with Crippen LogP contribution in [0, 0.1) is 5.41 Å². The van der Waals surface area contributed by atoms with E-state index >= 15 is 0 Å². The molecule has 2 rings (SSSR count). The Hall–Kier alpha value is -1.59. The molecule has 0 unspecified atom stereocenters. The predicted molar refractivity (Wildman–Crippen MR) is 108 cm³/mol. The summed E-state index contributed by atoms with van der Waals surface area (Å²) in [5.74, 6) is 1.00. The van der Waals surface area contributed by atoms with Crippen molar-refractivity contribution in [2.24, 2.45) is 11.1 Å². The van der Waals surface area contributed by atoms with E-state index < -0.39 is 0 Å². The Morgan fingerprint density at radius 2 is 1.92 bits per heavy atom. The first-order valence-electron chi connectivity index (χ1n) is 9.62. The molecule has 5 nitrogen and oxygen atoms in total. The van der Waals surface area contributed by atoms with E-state index in [1.54, 1.807) is 0 Å². The summed E-state index contributed by atoms with van der Waals surface area (Å²) >= 11 is 0. The van der Waals surface area contributed by atoms with Gasteiger partial charge >= 0.3 is 0 Å². The van der Waals surface area contributed by atoms with E-state index in [0.29, 0.717) is 6.54 Å². The van der Waals surface area contributed by atoms with E-state index in [-0.39, 0.29) is 5.41 Å². The van der Waals surface area contributed by atoms with E-state index in [4.69, 9.17) is 10.8 Å². The minimum Gasteiger partial charge on any atom is -0.368 e. The van der Waals surface area contributed by atoms with Crippen LogP contribution in [0.1, 0.15) is 40.5 Å². The highest BCUT2D eigenvalue weighted by Gasteiger charge is 2.17. The third-order valence-electron chi connectivity index (χ3n) is 5.05. The van der Waals surface area contributed by atoms with Gasteiger partial charge in [0.15, 0.2) is 5.82 Å². The molecule has 5 heteroatoms. The molecule has 25 heavy (non-hydrogen) atoms. The third-order valence-corrected chi connectivity index (χ3v) is 5.05. The lowest BCUT2D eigenvalue weighted by Crippen LogP contribution is -2.25. The SMILES string of the molecule is CCN(CC)CCCNc1nn(CCC(C)(C)CN)c2ccccc12. The van der Waals surface area contributed by atoms with Crippen molar-refractivity contribution in [3.63, 3.8) is 0 Å². The predicted octanol–water partition coefficient (Wildman–Crippen LogP) is 3.56. The normalized spacial score (nSPS) is 12.2. The monoisotopic (exact) mass is 345 g/mol. The Bertz CT molecular complexity index is 643. The van der Waals surface area contributed by atoms with Gasteiger partial charge in [-0.1, -0.05) is 39.8 Å². The summed E-state index contributed by atoms with van der Waals surface area (Å²) in [5.41, 5.74) is 7.21. The number of aryl methyl sites for hydroxylation is 1. The Morgan fingerprint density at radius 3 is 2.60 bits per heavy atom. The minimum atomic E-state index is 0.143. The maximum absolute atomic E-state index is 5.87. The first-order chi connectivity index (χ1) is 12.0. The van der Waals surface area contributed by atoms with Crippen molar-refractivity contribution >= 4 is 16.7 Å². The number of anilines is 1. The largest absolute Gasteiger partial charge is 0.368 e. The summed E-state index contributed by atoms with van der Waals surface area (Å²) in [6.07, 6.45) is 2.15. The molecule has 0 aliphatic rings. The molecule has 0 amide bonds. The number of benzene rings is 1. The van der Waals surface area contributed by atoms with E-state index in [9.17, 15) is 0 Å². The fraction of sp³-hybridized carbons (Fsp3) is 0.650. The number of hydrogen-bond donors (Lipinski definition) is 2. The van der Waals surface area contributed by atoms with Gasteiger partial charge in [-0.15, -0.1) is 0 Å². The van der Waals surface area contributed by atoms with Gasteiger partial charge in [0.05, 0.1) is 5.52 Å². The second kappa shape index (κ2) is 9.20. The quantitative estimate of drug-likeness (QED) is 0.612. The van der Waals surface area contributed by atoms with Crippen LogP contribution < -0.4 is 11.1 Å². The van der Waals surface area contributed by atoms with Gasteiger partial charge in [-0.2, -0.15) is 5.10 Å². The van der Waals surface area contributed by atoms with Crippen molar-refractivity contribution < 1.29 is 0 Å². The van der Waals surface area contributed by atoms with Crippen LogP contribution in [0.3, 0.4) is 0 Å². The Balaban J connectivity index is 2.02. The van der Waals surface area contributed by atoms with Crippen molar-refractivity contribution in [3.8, 4) is 0 Å². The van der Waals surface area contributed by atoms with Crippen LogP contribution >= 0.6 is 0 Å². The molecule has 0 radical (unpaired) electrons. The third kappa shape index (κ3) is 5.44. The second-order valence-electron chi connectivity index (χ2n) is 7.51. The van der Waals surface area contributed by atoms with Crippen LogP contribution in [-0.2, 0) is 6.54 Å². The second-order valence-corrected chi connectivity index (χ2v) is 7.51. The van der Waals surface area contributed by atoms with Crippen LogP contribution in [-0.4, -0.2) is 47.4 Å². The van der Waals surface area contributed by atoms with Gasteiger partial charge in [-0.3, -0.25) is 4.68 Å². The van der Waals surface area contributed by atoms with Crippen LogP contribution in [0.4, 0.5) is 5.82 Å². The minimum absolute atomic E-state index is 0.143. The summed E-state index contributed by atoms with van der Waals surface area (Å²) in [4.78, 5) is 2.45. The topological polar surface area (TPSA) is 59.1 Å². The van der Waals surface area contributed by atoms with Gasteiger partial charge in [0.25, 0.3) is 0 Å². The average Bonchev–Trinajstić information content (AvgIpc) is 2.98. The molecule has 0 fully saturated rings. The first-order valence-corrected chi connectivity index (χ1v) is 9.62. The molecule has 140 valence electrons. The van der Waals surface area contributed by atoms with Crippen molar-refractivity contribution in [2.45, 2.75) is 47.1 Å². The van der Waals surface area contributed by atoms with Gasteiger partial charge in [0.2, 0.25) is 0 Å².